The molecule has 3 rings (SSSR count). The third-order valence-corrected chi connectivity index (χ3v) is 4.69. The average molecular weight is 286 g/mol. The summed E-state index contributed by atoms with van der Waals surface area (Å²) in [6.45, 7) is 6.21. The molecule has 2 aromatic rings. The van der Waals surface area contributed by atoms with E-state index in [-0.39, 0.29) is 0 Å². The van der Waals surface area contributed by atoms with E-state index in [1.54, 1.807) is 0 Å². The number of hydrogen-bond acceptors (Lipinski definition) is 2. The van der Waals surface area contributed by atoms with Crippen molar-refractivity contribution in [1.82, 2.24) is 9.88 Å². The van der Waals surface area contributed by atoms with E-state index in [2.05, 4.69) is 23.7 Å². The molecule has 1 saturated heterocycles. The van der Waals surface area contributed by atoms with Crippen molar-refractivity contribution in [1.29, 1.82) is 0 Å². The van der Waals surface area contributed by atoms with Crippen molar-refractivity contribution >= 4 is 16.9 Å². The summed E-state index contributed by atoms with van der Waals surface area (Å²) in [6.07, 6.45) is 2.50. The number of rotatable bonds is 5. The van der Waals surface area contributed by atoms with Gasteiger partial charge in [0.05, 0.1) is 0 Å². The zero-order valence-corrected chi connectivity index (χ0v) is 12.5. The van der Waals surface area contributed by atoms with Crippen LogP contribution < -0.4 is 0 Å². The molecule has 0 radical (unpaired) electrons. The number of carboxylic acids is 1. The fraction of sp³-hybridized carbons (Fsp3) is 0.471. The first kappa shape index (κ1) is 14.1. The summed E-state index contributed by atoms with van der Waals surface area (Å²) in [5.41, 5.74) is 2.16. The lowest BCUT2D eigenvalue weighted by molar-refractivity contribution is -0.146. The number of para-hydroxylation sites is 1. The van der Waals surface area contributed by atoms with Crippen LogP contribution in [0.5, 0.6) is 0 Å². The van der Waals surface area contributed by atoms with E-state index in [1.165, 1.54) is 0 Å². The predicted octanol–water partition coefficient (Wildman–Crippen LogP) is 2.75. The number of aromatic amines is 1. The van der Waals surface area contributed by atoms with Crippen molar-refractivity contribution in [2.75, 3.05) is 13.1 Å². The second-order valence-corrected chi connectivity index (χ2v) is 6.38. The summed E-state index contributed by atoms with van der Waals surface area (Å²) in [5, 5.41) is 10.7. The summed E-state index contributed by atoms with van der Waals surface area (Å²) >= 11 is 0. The number of fused-ring (bicyclic) bond motifs is 1. The van der Waals surface area contributed by atoms with Gasteiger partial charge in [-0.2, -0.15) is 0 Å². The number of aliphatic carboxylic acids is 1. The lowest BCUT2D eigenvalue weighted by Gasteiger charge is -2.44. The van der Waals surface area contributed by atoms with Crippen LogP contribution in [0.25, 0.3) is 10.9 Å². The molecule has 0 amide bonds. The molecule has 4 heteroatoms. The Hall–Kier alpha value is -1.81. The van der Waals surface area contributed by atoms with Gasteiger partial charge in [0.1, 0.15) is 6.04 Å². The highest BCUT2D eigenvalue weighted by Crippen LogP contribution is 2.28. The fourth-order valence-electron chi connectivity index (χ4n) is 3.11. The fourth-order valence-corrected chi connectivity index (χ4v) is 3.11. The van der Waals surface area contributed by atoms with Gasteiger partial charge in [0.25, 0.3) is 0 Å². The first-order valence-corrected chi connectivity index (χ1v) is 7.58. The van der Waals surface area contributed by atoms with Crippen LogP contribution in [0.4, 0.5) is 0 Å². The predicted molar refractivity (Wildman–Crippen MR) is 83.3 cm³/mol. The molecule has 1 aromatic heterocycles. The second-order valence-electron chi connectivity index (χ2n) is 6.38. The Morgan fingerprint density at radius 2 is 2.10 bits per heavy atom. The molecule has 21 heavy (non-hydrogen) atoms. The zero-order valence-electron chi connectivity index (χ0n) is 12.5. The molecule has 1 aromatic carbocycles. The molecular formula is C17H22N2O2. The summed E-state index contributed by atoms with van der Waals surface area (Å²) in [6, 6.07) is 7.63. The van der Waals surface area contributed by atoms with Gasteiger partial charge in [-0.1, -0.05) is 32.0 Å². The Labute approximate surface area is 124 Å². The van der Waals surface area contributed by atoms with E-state index in [4.69, 9.17) is 0 Å². The van der Waals surface area contributed by atoms with E-state index in [1.807, 2.05) is 30.5 Å². The number of H-pyrrole nitrogens is 1. The number of nitrogens with one attached hydrogen (secondary N) is 1. The van der Waals surface area contributed by atoms with E-state index < -0.39 is 12.0 Å². The minimum atomic E-state index is -0.720. The van der Waals surface area contributed by atoms with Crippen molar-refractivity contribution in [2.24, 2.45) is 11.8 Å². The average Bonchev–Trinajstić information content (AvgIpc) is 2.79. The molecule has 0 saturated carbocycles. The monoisotopic (exact) mass is 286 g/mol. The lowest BCUT2D eigenvalue weighted by Crippen LogP contribution is -2.57. The maximum atomic E-state index is 11.6. The van der Waals surface area contributed by atoms with Crippen LogP contribution in [0.15, 0.2) is 30.5 Å². The molecule has 2 heterocycles. The van der Waals surface area contributed by atoms with Gasteiger partial charge in [-0.3, -0.25) is 9.69 Å². The number of nitrogens with zero attached hydrogens (tertiary/aromatic N) is 1. The minimum absolute atomic E-state index is 0.417. The minimum Gasteiger partial charge on any atom is -0.480 e. The smallest absolute Gasteiger partial charge is 0.321 e. The van der Waals surface area contributed by atoms with E-state index >= 15 is 0 Å². The topological polar surface area (TPSA) is 56.3 Å². The van der Waals surface area contributed by atoms with Gasteiger partial charge in [-0.05, 0) is 23.5 Å². The van der Waals surface area contributed by atoms with Crippen LogP contribution in [0.1, 0.15) is 19.4 Å². The zero-order chi connectivity index (χ0) is 15.0. The van der Waals surface area contributed by atoms with Crippen LogP contribution in [0.3, 0.4) is 0 Å². The largest absolute Gasteiger partial charge is 0.480 e. The van der Waals surface area contributed by atoms with Gasteiger partial charge < -0.3 is 10.1 Å². The second kappa shape index (κ2) is 5.53. The third-order valence-electron chi connectivity index (χ3n) is 4.69. The Morgan fingerprint density at radius 1 is 1.38 bits per heavy atom. The maximum absolute atomic E-state index is 11.6. The quantitative estimate of drug-likeness (QED) is 0.888. The summed E-state index contributed by atoms with van der Waals surface area (Å²) in [7, 11) is 0. The Kier molecular flexibility index (Phi) is 3.72. The van der Waals surface area contributed by atoms with Crippen molar-refractivity contribution in [3.05, 3.63) is 36.0 Å². The standard InChI is InChI=1S/C17H22N2O2/c1-11(2)13-9-19(10-13)16(17(20)21)7-12-8-18-15-6-4-3-5-14(12)15/h3-6,8,11,13,16,18H,7,9-10H2,1-2H3,(H,20,21). The molecule has 4 nitrogen and oxygen atoms in total. The van der Waals surface area contributed by atoms with Crippen LogP contribution in [-0.4, -0.2) is 40.1 Å². The van der Waals surface area contributed by atoms with Crippen molar-refractivity contribution < 1.29 is 9.90 Å². The van der Waals surface area contributed by atoms with Crippen molar-refractivity contribution in [3.8, 4) is 0 Å². The van der Waals surface area contributed by atoms with Crippen LogP contribution in [0.2, 0.25) is 0 Å². The highest BCUT2D eigenvalue weighted by atomic mass is 16.4. The van der Waals surface area contributed by atoms with Crippen molar-refractivity contribution in [2.45, 2.75) is 26.3 Å². The van der Waals surface area contributed by atoms with Gasteiger partial charge in [-0.15, -0.1) is 0 Å². The first-order chi connectivity index (χ1) is 10.1. The number of benzene rings is 1. The van der Waals surface area contributed by atoms with E-state index in [9.17, 15) is 9.90 Å². The third kappa shape index (κ3) is 2.68. The molecule has 1 aliphatic rings. The molecule has 1 fully saturated rings. The number of carboxylic acid groups (broad SMARTS) is 1. The van der Waals surface area contributed by atoms with Gasteiger partial charge in [-0.25, -0.2) is 0 Å². The van der Waals surface area contributed by atoms with Crippen molar-refractivity contribution in [3.63, 3.8) is 0 Å². The molecule has 112 valence electrons. The summed E-state index contributed by atoms with van der Waals surface area (Å²) in [4.78, 5) is 16.9. The first-order valence-electron chi connectivity index (χ1n) is 7.58. The van der Waals surface area contributed by atoms with Crippen LogP contribution in [-0.2, 0) is 11.2 Å². The molecule has 0 spiro atoms. The number of hydrogen-bond donors (Lipinski definition) is 2. The van der Waals surface area contributed by atoms with E-state index in [0.29, 0.717) is 18.3 Å². The van der Waals surface area contributed by atoms with Crippen LogP contribution >= 0.6 is 0 Å². The Morgan fingerprint density at radius 3 is 2.76 bits per heavy atom. The van der Waals surface area contributed by atoms with Gasteiger partial charge in [0.2, 0.25) is 0 Å². The molecular weight excluding hydrogens is 264 g/mol. The molecule has 1 aliphatic heterocycles. The van der Waals surface area contributed by atoms with Crippen LogP contribution in [0, 0.1) is 11.8 Å². The molecule has 1 atom stereocenters. The molecule has 0 bridgehead atoms. The van der Waals surface area contributed by atoms with Gasteiger partial charge >= 0.3 is 5.97 Å². The Balaban J connectivity index is 1.76. The highest BCUT2D eigenvalue weighted by molar-refractivity contribution is 5.84. The maximum Gasteiger partial charge on any atom is 0.321 e. The van der Waals surface area contributed by atoms with Gasteiger partial charge in [0.15, 0.2) is 0 Å². The molecule has 1 unspecified atom stereocenters. The SMILES string of the molecule is CC(C)C1CN(C(Cc2c[nH]c3ccccc23)C(=O)O)C1. The summed E-state index contributed by atoms with van der Waals surface area (Å²) < 4.78 is 0. The number of likely N-dealkylation sites (tertiary alicyclic amines) is 1. The highest BCUT2D eigenvalue weighted by Gasteiger charge is 2.37. The Bertz CT molecular complexity index is 641. The molecule has 0 aliphatic carbocycles. The van der Waals surface area contributed by atoms with E-state index in [0.717, 1.165) is 29.6 Å². The normalized spacial score (nSPS) is 18.0. The number of aromatic nitrogens is 1. The van der Waals surface area contributed by atoms with Gasteiger partial charge in [0, 0.05) is 36.6 Å². The lowest BCUT2D eigenvalue weighted by atomic mass is 9.86. The number of carbonyl (C=O) groups is 1. The molecule has 2 N–H and O–H groups in total. The summed E-state index contributed by atoms with van der Waals surface area (Å²) in [5.74, 6) is 0.543.